The van der Waals surface area contributed by atoms with Gasteiger partial charge in [0.05, 0.1) is 14.2 Å². The molecular formula is C24H21O2P. The summed E-state index contributed by atoms with van der Waals surface area (Å²) in [5.74, 6) is 1.75. The molecule has 4 rings (SSSR count). The van der Waals surface area contributed by atoms with Crippen LogP contribution in [0.4, 0.5) is 0 Å². The Kier molecular flexibility index (Phi) is 5.09. The van der Waals surface area contributed by atoms with E-state index in [9.17, 15) is 0 Å². The third kappa shape index (κ3) is 3.67. The Morgan fingerprint density at radius 3 is 1.52 bits per heavy atom. The molecule has 0 atom stereocenters. The lowest BCUT2D eigenvalue weighted by molar-refractivity contribution is 0.415. The van der Waals surface area contributed by atoms with Gasteiger partial charge in [-0.25, -0.2) is 0 Å². The third-order valence-electron chi connectivity index (χ3n) is 4.65. The van der Waals surface area contributed by atoms with E-state index in [-0.39, 0.29) is 0 Å². The smallest absolute Gasteiger partial charge is 0.118 e. The van der Waals surface area contributed by atoms with Crippen LogP contribution < -0.4 is 25.4 Å². The monoisotopic (exact) mass is 372 g/mol. The second-order valence-corrected chi connectivity index (χ2v) is 8.48. The molecule has 0 bridgehead atoms. The SMILES string of the molecule is COc1ccc(P(c2ccc(OC)cc2)c2ccc3ccccc3c2)cc1. The van der Waals surface area contributed by atoms with E-state index in [1.54, 1.807) is 14.2 Å². The van der Waals surface area contributed by atoms with Crippen LogP contribution >= 0.6 is 7.92 Å². The van der Waals surface area contributed by atoms with Gasteiger partial charge in [0.15, 0.2) is 0 Å². The molecule has 0 saturated heterocycles. The summed E-state index contributed by atoms with van der Waals surface area (Å²) in [5.41, 5.74) is 0. The van der Waals surface area contributed by atoms with E-state index in [1.807, 2.05) is 24.3 Å². The van der Waals surface area contributed by atoms with Gasteiger partial charge in [-0.15, -0.1) is 0 Å². The maximum absolute atomic E-state index is 5.34. The Hall–Kier alpha value is -2.83. The van der Waals surface area contributed by atoms with Gasteiger partial charge in [-0.1, -0.05) is 60.7 Å². The highest BCUT2D eigenvalue weighted by molar-refractivity contribution is 7.79. The van der Waals surface area contributed by atoms with E-state index in [2.05, 4.69) is 66.7 Å². The highest BCUT2D eigenvalue weighted by Gasteiger charge is 2.17. The van der Waals surface area contributed by atoms with Crippen molar-refractivity contribution in [1.82, 2.24) is 0 Å². The van der Waals surface area contributed by atoms with Crippen molar-refractivity contribution < 1.29 is 9.47 Å². The molecule has 27 heavy (non-hydrogen) atoms. The second-order valence-electron chi connectivity index (χ2n) is 6.26. The summed E-state index contributed by atoms with van der Waals surface area (Å²) in [6, 6.07) is 32.1. The Morgan fingerprint density at radius 1 is 0.519 bits per heavy atom. The fourth-order valence-electron chi connectivity index (χ4n) is 3.23. The first-order valence-electron chi connectivity index (χ1n) is 8.85. The van der Waals surface area contributed by atoms with Gasteiger partial charge in [-0.3, -0.25) is 0 Å². The molecule has 134 valence electrons. The number of hydrogen-bond acceptors (Lipinski definition) is 2. The first-order valence-corrected chi connectivity index (χ1v) is 10.2. The molecule has 2 nitrogen and oxygen atoms in total. The third-order valence-corrected chi connectivity index (χ3v) is 7.08. The molecule has 0 aliphatic carbocycles. The predicted octanol–water partition coefficient (Wildman–Crippen LogP) is 4.62. The lowest BCUT2D eigenvalue weighted by atomic mass is 10.1. The number of methoxy groups -OCH3 is 2. The number of benzene rings is 4. The molecule has 0 aliphatic heterocycles. The lowest BCUT2D eigenvalue weighted by Crippen LogP contribution is -2.20. The van der Waals surface area contributed by atoms with Gasteiger partial charge in [0.2, 0.25) is 0 Å². The zero-order valence-electron chi connectivity index (χ0n) is 15.4. The summed E-state index contributed by atoms with van der Waals surface area (Å²) in [6.45, 7) is 0. The number of hydrogen-bond donors (Lipinski definition) is 0. The molecule has 0 aromatic heterocycles. The average molecular weight is 372 g/mol. The Morgan fingerprint density at radius 2 is 1.00 bits per heavy atom. The highest BCUT2D eigenvalue weighted by Crippen LogP contribution is 2.35. The molecule has 0 N–H and O–H groups in total. The Bertz CT molecular complexity index is 992. The van der Waals surface area contributed by atoms with Crippen molar-refractivity contribution in [3.8, 4) is 11.5 Å². The molecule has 3 heteroatoms. The maximum atomic E-state index is 5.34. The standard InChI is InChI=1S/C24H21O2P/c1-25-20-8-13-22(14-9-20)27(23-15-10-21(26-2)11-16-23)24-12-7-18-5-3-4-6-19(18)17-24/h3-17H,1-2H3. The van der Waals surface area contributed by atoms with Crippen LogP contribution in [0.3, 0.4) is 0 Å². The number of ether oxygens (including phenoxy) is 2. The minimum Gasteiger partial charge on any atom is -0.497 e. The quantitative estimate of drug-likeness (QED) is 0.476. The second kappa shape index (κ2) is 7.82. The normalized spacial score (nSPS) is 10.9. The first kappa shape index (κ1) is 17.6. The van der Waals surface area contributed by atoms with Gasteiger partial charge in [0, 0.05) is 0 Å². The molecule has 0 heterocycles. The van der Waals surface area contributed by atoms with Crippen LogP contribution in [0.5, 0.6) is 11.5 Å². The summed E-state index contributed by atoms with van der Waals surface area (Å²) < 4.78 is 10.7. The number of fused-ring (bicyclic) bond motifs is 1. The highest BCUT2D eigenvalue weighted by atomic mass is 31.1. The van der Waals surface area contributed by atoms with Gasteiger partial charge >= 0.3 is 0 Å². The van der Waals surface area contributed by atoms with Crippen molar-refractivity contribution in [2.45, 2.75) is 0 Å². The molecule has 4 aromatic carbocycles. The Labute approximate surface area is 161 Å². The van der Waals surface area contributed by atoms with Gasteiger partial charge in [0.25, 0.3) is 0 Å². The van der Waals surface area contributed by atoms with Crippen LogP contribution in [0, 0.1) is 0 Å². The zero-order valence-corrected chi connectivity index (χ0v) is 16.3. The fourth-order valence-corrected chi connectivity index (χ4v) is 5.51. The largest absolute Gasteiger partial charge is 0.497 e. The molecular weight excluding hydrogens is 351 g/mol. The van der Waals surface area contributed by atoms with E-state index < -0.39 is 7.92 Å². The maximum Gasteiger partial charge on any atom is 0.118 e. The molecule has 0 spiro atoms. The van der Waals surface area contributed by atoms with Crippen LogP contribution in [0.2, 0.25) is 0 Å². The van der Waals surface area contributed by atoms with E-state index in [0.717, 1.165) is 11.5 Å². The molecule has 0 amide bonds. The summed E-state index contributed by atoms with van der Waals surface area (Å²) in [5, 5.41) is 6.46. The van der Waals surface area contributed by atoms with E-state index in [0.29, 0.717) is 0 Å². The van der Waals surface area contributed by atoms with Crippen molar-refractivity contribution in [3.63, 3.8) is 0 Å². The molecule has 4 aromatic rings. The topological polar surface area (TPSA) is 18.5 Å². The van der Waals surface area contributed by atoms with Gasteiger partial charge in [0.1, 0.15) is 11.5 Å². The van der Waals surface area contributed by atoms with Crippen LogP contribution in [-0.4, -0.2) is 14.2 Å². The van der Waals surface area contributed by atoms with Crippen molar-refractivity contribution in [1.29, 1.82) is 0 Å². The van der Waals surface area contributed by atoms with E-state index in [1.165, 1.54) is 26.7 Å². The van der Waals surface area contributed by atoms with Gasteiger partial charge in [-0.05, 0) is 64.9 Å². The molecule has 0 radical (unpaired) electrons. The molecule has 0 saturated carbocycles. The zero-order chi connectivity index (χ0) is 18.6. The summed E-state index contributed by atoms with van der Waals surface area (Å²) in [6.07, 6.45) is 0. The predicted molar refractivity (Wildman–Crippen MR) is 116 cm³/mol. The Balaban J connectivity index is 1.84. The van der Waals surface area contributed by atoms with E-state index >= 15 is 0 Å². The summed E-state index contributed by atoms with van der Waals surface area (Å²) in [7, 11) is 2.73. The van der Waals surface area contributed by atoms with Crippen molar-refractivity contribution in [2.75, 3.05) is 14.2 Å². The van der Waals surface area contributed by atoms with Crippen LogP contribution in [0.15, 0.2) is 91.0 Å². The minimum absolute atomic E-state index is 0.665. The molecule has 0 aliphatic rings. The number of rotatable bonds is 5. The summed E-state index contributed by atoms with van der Waals surface area (Å²) >= 11 is 0. The van der Waals surface area contributed by atoms with Crippen molar-refractivity contribution in [2.24, 2.45) is 0 Å². The molecule has 0 fully saturated rings. The van der Waals surface area contributed by atoms with Crippen molar-refractivity contribution in [3.05, 3.63) is 91.0 Å². The molecule has 0 unspecified atom stereocenters. The average Bonchev–Trinajstić information content (AvgIpc) is 2.75. The van der Waals surface area contributed by atoms with E-state index in [4.69, 9.17) is 9.47 Å². The van der Waals surface area contributed by atoms with Gasteiger partial charge < -0.3 is 9.47 Å². The summed E-state index contributed by atoms with van der Waals surface area (Å²) in [4.78, 5) is 0. The van der Waals surface area contributed by atoms with Crippen LogP contribution in [-0.2, 0) is 0 Å². The first-order chi connectivity index (χ1) is 13.3. The van der Waals surface area contributed by atoms with Crippen LogP contribution in [0.25, 0.3) is 10.8 Å². The fraction of sp³-hybridized carbons (Fsp3) is 0.0833. The minimum atomic E-state index is -0.665. The van der Waals surface area contributed by atoms with Gasteiger partial charge in [-0.2, -0.15) is 0 Å². The van der Waals surface area contributed by atoms with Crippen molar-refractivity contribution >= 4 is 34.6 Å². The van der Waals surface area contributed by atoms with Crippen LogP contribution in [0.1, 0.15) is 0 Å². The lowest BCUT2D eigenvalue weighted by Gasteiger charge is -2.20.